The van der Waals surface area contributed by atoms with Crippen LogP contribution in [0.25, 0.3) is 17.2 Å². The van der Waals surface area contributed by atoms with Crippen LogP contribution in [0, 0.1) is 0 Å². The van der Waals surface area contributed by atoms with Gasteiger partial charge in [0.2, 0.25) is 0 Å². The van der Waals surface area contributed by atoms with Crippen LogP contribution < -0.4 is 0 Å². The van der Waals surface area contributed by atoms with Crippen molar-refractivity contribution in [2.24, 2.45) is 0 Å². The molecule has 2 aromatic carbocycles. The molecule has 0 aliphatic carbocycles. The first-order valence-electron chi connectivity index (χ1n) is 5.71. The molecule has 0 N–H and O–H groups in total. The second kappa shape index (κ2) is 5.82. The lowest BCUT2D eigenvalue weighted by atomic mass is 10.0. The molecule has 0 saturated heterocycles. The van der Waals surface area contributed by atoms with Crippen LogP contribution >= 0.6 is 0 Å². The summed E-state index contributed by atoms with van der Waals surface area (Å²) in [5.41, 5.74) is 3.31. The fraction of sp³-hybridized carbons (Fsp3) is 0.0625. The Morgan fingerprint density at radius 2 is 1.56 bits per heavy atom. The lowest BCUT2D eigenvalue weighted by molar-refractivity contribution is -0.134. The van der Waals surface area contributed by atoms with Crippen molar-refractivity contribution in [3.05, 3.63) is 66.2 Å². The molecule has 0 radical (unpaired) electrons. The van der Waals surface area contributed by atoms with Gasteiger partial charge >= 0.3 is 5.97 Å². The number of methoxy groups -OCH3 is 1. The highest BCUT2D eigenvalue weighted by Gasteiger charge is 1.96. The maximum absolute atomic E-state index is 11.0. The van der Waals surface area contributed by atoms with E-state index >= 15 is 0 Å². The Labute approximate surface area is 107 Å². The van der Waals surface area contributed by atoms with Gasteiger partial charge in [-0.3, -0.25) is 0 Å². The maximum atomic E-state index is 11.0. The van der Waals surface area contributed by atoms with Crippen LogP contribution in [0.2, 0.25) is 0 Å². The van der Waals surface area contributed by atoms with E-state index in [0.29, 0.717) is 0 Å². The van der Waals surface area contributed by atoms with Gasteiger partial charge in [-0.05, 0) is 22.8 Å². The van der Waals surface area contributed by atoms with Gasteiger partial charge in [0.25, 0.3) is 0 Å². The molecule has 90 valence electrons. The van der Waals surface area contributed by atoms with Gasteiger partial charge < -0.3 is 4.74 Å². The van der Waals surface area contributed by atoms with E-state index < -0.39 is 0 Å². The minimum Gasteiger partial charge on any atom is -0.466 e. The zero-order chi connectivity index (χ0) is 12.8. The summed E-state index contributed by atoms with van der Waals surface area (Å²) in [5, 5.41) is 0. The third kappa shape index (κ3) is 3.08. The molecule has 2 aromatic rings. The molecule has 0 aliphatic rings. The predicted molar refractivity (Wildman–Crippen MR) is 72.9 cm³/mol. The SMILES string of the molecule is COC(=O)/C=C/c1ccc(-c2ccccc2)cc1. The van der Waals surface area contributed by atoms with Gasteiger partial charge in [0.05, 0.1) is 7.11 Å². The second-order valence-corrected chi connectivity index (χ2v) is 3.84. The molecule has 2 nitrogen and oxygen atoms in total. The predicted octanol–water partition coefficient (Wildman–Crippen LogP) is 3.54. The van der Waals surface area contributed by atoms with Crippen molar-refractivity contribution in [1.82, 2.24) is 0 Å². The number of hydrogen-bond acceptors (Lipinski definition) is 2. The molecule has 0 bridgehead atoms. The van der Waals surface area contributed by atoms with E-state index in [1.165, 1.54) is 18.7 Å². The highest BCUT2D eigenvalue weighted by Crippen LogP contribution is 2.19. The topological polar surface area (TPSA) is 26.3 Å². The maximum Gasteiger partial charge on any atom is 0.330 e. The van der Waals surface area contributed by atoms with Gasteiger partial charge in [-0.2, -0.15) is 0 Å². The zero-order valence-corrected chi connectivity index (χ0v) is 10.2. The van der Waals surface area contributed by atoms with E-state index in [-0.39, 0.29) is 5.97 Å². The van der Waals surface area contributed by atoms with Crippen molar-refractivity contribution in [3.8, 4) is 11.1 Å². The van der Waals surface area contributed by atoms with Crippen molar-refractivity contribution in [2.45, 2.75) is 0 Å². The summed E-state index contributed by atoms with van der Waals surface area (Å²) >= 11 is 0. The zero-order valence-electron chi connectivity index (χ0n) is 10.2. The van der Waals surface area contributed by atoms with Crippen molar-refractivity contribution < 1.29 is 9.53 Å². The summed E-state index contributed by atoms with van der Waals surface area (Å²) in [7, 11) is 1.37. The van der Waals surface area contributed by atoms with Gasteiger partial charge in [-0.1, -0.05) is 54.6 Å². The van der Waals surface area contributed by atoms with E-state index in [9.17, 15) is 4.79 Å². The smallest absolute Gasteiger partial charge is 0.330 e. The molecule has 0 atom stereocenters. The average Bonchev–Trinajstić information content (AvgIpc) is 2.46. The van der Waals surface area contributed by atoms with Crippen LogP contribution in [0.15, 0.2) is 60.7 Å². The molecule has 2 heteroatoms. The molecule has 0 unspecified atom stereocenters. The van der Waals surface area contributed by atoms with E-state index in [0.717, 1.165) is 11.1 Å². The Kier molecular flexibility index (Phi) is 3.92. The average molecular weight is 238 g/mol. The Balaban J connectivity index is 2.16. The van der Waals surface area contributed by atoms with Gasteiger partial charge in [0.1, 0.15) is 0 Å². The number of rotatable bonds is 3. The molecule has 0 saturated carbocycles. The summed E-state index contributed by atoms with van der Waals surface area (Å²) in [6.45, 7) is 0. The number of hydrogen-bond donors (Lipinski definition) is 0. The monoisotopic (exact) mass is 238 g/mol. The third-order valence-electron chi connectivity index (χ3n) is 2.63. The van der Waals surface area contributed by atoms with E-state index in [1.807, 2.05) is 42.5 Å². The summed E-state index contributed by atoms with van der Waals surface area (Å²) in [6.07, 6.45) is 3.15. The van der Waals surface area contributed by atoms with Crippen molar-refractivity contribution in [1.29, 1.82) is 0 Å². The molecule has 2 rings (SSSR count). The molecule has 0 amide bonds. The summed E-state index contributed by atoms with van der Waals surface area (Å²) in [4.78, 5) is 11.0. The van der Waals surface area contributed by atoms with Gasteiger partial charge in [0.15, 0.2) is 0 Å². The number of carbonyl (C=O) groups is 1. The fourth-order valence-electron chi connectivity index (χ4n) is 1.65. The molecule has 0 aromatic heterocycles. The molecule has 18 heavy (non-hydrogen) atoms. The molecular weight excluding hydrogens is 224 g/mol. The Bertz CT molecular complexity index is 539. The highest BCUT2D eigenvalue weighted by atomic mass is 16.5. The van der Waals surface area contributed by atoms with Crippen molar-refractivity contribution >= 4 is 12.0 Å². The van der Waals surface area contributed by atoms with E-state index in [4.69, 9.17) is 0 Å². The fourth-order valence-corrected chi connectivity index (χ4v) is 1.65. The quantitative estimate of drug-likeness (QED) is 0.604. The summed E-state index contributed by atoms with van der Waals surface area (Å²) in [6, 6.07) is 18.2. The third-order valence-corrected chi connectivity index (χ3v) is 2.63. The molecular formula is C16H14O2. The van der Waals surface area contributed by atoms with Crippen molar-refractivity contribution in [3.63, 3.8) is 0 Å². The molecule has 0 spiro atoms. The van der Waals surface area contributed by atoms with Crippen LogP contribution in [-0.4, -0.2) is 13.1 Å². The lowest BCUT2D eigenvalue weighted by Gasteiger charge is -2.01. The Morgan fingerprint density at radius 1 is 0.944 bits per heavy atom. The molecule has 0 fully saturated rings. The number of benzene rings is 2. The Hall–Kier alpha value is -2.35. The summed E-state index contributed by atoms with van der Waals surface area (Å²) < 4.78 is 4.54. The first-order valence-corrected chi connectivity index (χ1v) is 5.71. The van der Waals surface area contributed by atoms with Gasteiger partial charge in [0, 0.05) is 6.08 Å². The lowest BCUT2D eigenvalue weighted by Crippen LogP contribution is -1.93. The van der Waals surface area contributed by atoms with Crippen LogP contribution in [0.4, 0.5) is 0 Å². The van der Waals surface area contributed by atoms with E-state index in [1.54, 1.807) is 6.08 Å². The molecule has 0 aliphatic heterocycles. The Morgan fingerprint density at radius 3 is 2.17 bits per heavy atom. The summed E-state index contributed by atoms with van der Waals surface area (Å²) in [5.74, 6) is -0.345. The van der Waals surface area contributed by atoms with Crippen LogP contribution in [0.3, 0.4) is 0 Å². The van der Waals surface area contributed by atoms with Gasteiger partial charge in [-0.15, -0.1) is 0 Å². The highest BCUT2D eigenvalue weighted by molar-refractivity contribution is 5.87. The van der Waals surface area contributed by atoms with Crippen LogP contribution in [-0.2, 0) is 9.53 Å². The van der Waals surface area contributed by atoms with Gasteiger partial charge in [-0.25, -0.2) is 4.79 Å². The number of ether oxygens (including phenoxy) is 1. The minimum absolute atomic E-state index is 0.345. The number of esters is 1. The molecule has 0 heterocycles. The minimum atomic E-state index is -0.345. The largest absolute Gasteiger partial charge is 0.466 e. The first-order chi connectivity index (χ1) is 8.79. The standard InChI is InChI=1S/C16H14O2/c1-18-16(17)12-9-13-7-10-15(11-8-13)14-5-3-2-4-6-14/h2-12H,1H3/b12-9+. The first kappa shape index (κ1) is 12.1. The van der Waals surface area contributed by atoms with Crippen LogP contribution in [0.5, 0.6) is 0 Å². The van der Waals surface area contributed by atoms with E-state index in [2.05, 4.69) is 16.9 Å². The normalized spacial score (nSPS) is 10.5. The number of carbonyl (C=O) groups excluding carboxylic acids is 1. The van der Waals surface area contributed by atoms with Crippen molar-refractivity contribution in [2.75, 3.05) is 7.11 Å². The second-order valence-electron chi connectivity index (χ2n) is 3.84. The van der Waals surface area contributed by atoms with Crippen LogP contribution in [0.1, 0.15) is 5.56 Å².